The number of primary amides is 1. The highest BCUT2D eigenvalue weighted by molar-refractivity contribution is 9.15. The van der Waals surface area contributed by atoms with E-state index >= 15 is 0 Å². The maximum Gasteiger partial charge on any atom is 0.258 e. The molecule has 0 aliphatic rings. The first-order chi connectivity index (χ1) is 7.45. The molecule has 16 heavy (non-hydrogen) atoms. The van der Waals surface area contributed by atoms with Crippen molar-refractivity contribution in [3.8, 4) is 0 Å². The lowest BCUT2D eigenvalue weighted by Crippen LogP contribution is -2.08. The average Bonchev–Trinajstić information content (AvgIpc) is 2.60. The van der Waals surface area contributed by atoms with E-state index in [9.17, 15) is 9.59 Å². The van der Waals surface area contributed by atoms with Crippen molar-refractivity contribution in [3.63, 3.8) is 0 Å². The quantitative estimate of drug-likeness (QED) is 0.864. The monoisotopic (exact) mass is 302 g/mol. The summed E-state index contributed by atoms with van der Waals surface area (Å²) in [4.78, 5) is 24.5. The molecule has 1 aromatic heterocycles. The van der Waals surface area contributed by atoms with Gasteiger partial charge >= 0.3 is 0 Å². The largest absolute Gasteiger partial charge is 0.383 e. The van der Waals surface area contributed by atoms with E-state index < -0.39 is 5.91 Å². The van der Waals surface area contributed by atoms with Crippen molar-refractivity contribution in [3.05, 3.63) is 27.6 Å². The van der Waals surface area contributed by atoms with Gasteiger partial charge in [0.05, 0.1) is 9.75 Å². The zero-order valence-electron chi connectivity index (χ0n) is 8.86. The third-order valence-corrected chi connectivity index (χ3v) is 3.45. The highest BCUT2D eigenvalue weighted by atomic mass is 79.9. The summed E-state index contributed by atoms with van der Waals surface area (Å²) < 4.78 is 0.739. The fourth-order valence-electron chi connectivity index (χ4n) is 1.10. The predicted molar refractivity (Wildman–Crippen MR) is 68.8 cm³/mol. The van der Waals surface area contributed by atoms with E-state index in [2.05, 4.69) is 15.9 Å². The molecule has 6 heteroatoms. The molecule has 0 bridgehead atoms. The molecule has 86 valence electrons. The number of carbonyl (C=O) groups is 2. The molecule has 0 aliphatic heterocycles. The van der Waals surface area contributed by atoms with Gasteiger partial charge in [0, 0.05) is 30.3 Å². The number of thiophene rings is 1. The molecule has 4 nitrogen and oxygen atoms in total. The highest BCUT2D eigenvalue weighted by Crippen LogP contribution is 2.30. The Kier molecular flexibility index (Phi) is 4.26. The number of halogens is 1. The molecule has 0 spiro atoms. The minimum Gasteiger partial charge on any atom is -0.383 e. The second kappa shape index (κ2) is 5.27. The fourth-order valence-corrected chi connectivity index (χ4v) is 2.81. The van der Waals surface area contributed by atoms with E-state index in [0.717, 1.165) is 22.1 Å². The van der Waals surface area contributed by atoms with Gasteiger partial charge in [0.1, 0.15) is 0 Å². The van der Waals surface area contributed by atoms with E-state index in [0.29, 0.717) is 15.3 Å². The van der Waals surface area contributed by atoms with Crippen LogP contribution in [0.4, 0.5) is 0 Å². The van der Waals surface area contributed by atoms with Crippen molar-refractivity contribution in [2.24, 2.45) is 5.73 Å². The highest BCUT2D eigenvalue weighted by Gasteiger charge is 2.14. The standard InChI is InChI=1S/C10H11BrN2O2S/c1-13(2)4-7(11)6-3-8(10(12)15)16-9(6)5-14/h3-5H,1-2H3,(H2,12,15)/b7-4+. The number of aldehydes is 1. The van der Waals surface area contributed by atoms with E-state index in [1.54, 1.807) is 12.3 Å². The second-order valence-electron chi connectivity index (χ2n) is 3.31. The Balaban J connectivity index is 3.22. The molecule has 0 unspecified atom stereocenters. The first kappa shape index (κ1) is 12.9. The van der Waals surface area contributed by atoms with Gasteiger partial charge in [-0.15, -0.1) is 11.3 Å². The Labute approximate surface area is 106 Å². The van der Waals surface area contributed by atoms with Crippen LogP contribution in [0, 0.1) is 0 Å². The molecule has 0 fully saturated rings. The molecule has 2 N–H and O–H groups in total. The topological polar surface area (TPSA) is 63.4 Å². The summed E-state index contributed by atoms with van der Waals surface area (Å²) in [7, 11) is 3.73. The second-order valence-corrected chi connectivity index (χ2v) is 5.25. The number of hydrogen-bond donors (Lipinski definition) is 1. The van der Waals surface area contributed by atoms with E-state index in [-0.39, 0.29) is 0 Å². The van der Waals surface area contributed by atoms with Crippen LogP contribution in [0.1, 0.15) is 24.9 Å². The van der Waals surface area contributed by atoms with Crippen molar-refractivity contribution < 1.29 is 9.59 Å². The van der Waals surface area contributed by atoms with Crippen LogP contribution in [-0.2, 0) is 0 Å². The lowest BCUT2D eigenvalue weighted by molar-refractivity contribution is 0.100. The van der Waals surface area contributed by atoms with Crippen LogP contribution in [0.5, 0.6) is 0 Å². The Morgan fingerprint density at radius 3 is 2.62 bits per heavy atom. The van der Waals surface area contributed by atoms with Gasteiger partial charge in [-0.1, -0.05) is 0 Å². The Morgan fingerprint density at radius 1 is 1.56 bits per heavy atom. The molecule has 0 saturated carbocycles. The minimum atomic E-state index is -0.524. The van der Waals surface area contributed by atoms with Crippen molar-refractivity contribution in [2.45, 2.75) is 0 Å². The van der Waals surface area contributed by atoms with E-state index in [4.69, 9.17) is 5.73 Å². The first-order valence-electron chi connectivity index (χ1n) is 4.38. The molecular weight excluding hydrogens is 292 g/mol. The number of hydrogen-bond acceptors (Lipinski definition) is 4. The van der Waals surface area contributed by atoms with Gasteiger partial charge in [0.25, 0.3) is 5.91 Å². The molecule has 1 amide bonds. The van der Waals surface area contributed by atoms with Gasteiger partial charge in [0.15, 0.2) is 6.29 Å². The van der Waals surface area contributed by atoms with Crippen molar-refractivity contribution in [2.75, 3.05) is 14.1 Å². The molecule has 1 aromatic rings. The van der Waals surface area contributed by atoms with Crippen molar-refractivity contribution in [1.29, 1.82) is 0 Å². The molecule has 0 radical (unpaired) electrons. The summed E-state index contributed by atoms with van der Waals surface area (Å²) in [5.74, 6) is -0.524. The number of nitrogens with zero attached hydrogens (tertiary/aromatic N) is 1. The Hall–Kier alpha value is -1.14. The number of rotatable bonds is 4. The van der Waals surface area contributed by atoms with Crippen LogP contribution in [0.15, 0.2) is 12.3 Å². The summed E-state index contributed by atoms with van der Waals surface area (Å²) >= 11 is 4.45. The van der Waals surface area contributed by atoms with Crippen LogP contribution in [0.3, 0.4) is 0 Å². The normalized spacial score (nSPS) is 11.3. The number of nitrogens with two attached hydrogens (primary N) is 1. The third kappa shape index (κ3) is 2.93. The summed E-state index contributed by atoms with van der Waals surface area (Å²) in [5.41, 5.74) is 5.85. The Morgan fingerprint density at radius 2 is 2.19 bits per heavy atom. The van der Waals surface area contributed by atoms with Crippen LogP contribution in [0.2, 0.25) is 0 Å². The van der Waals surface area contributed by atoms with Gasteiger partial charge in [-0.3, -0.25) is 9.59 Å². The van der Waals surface area contributed by atoms with Gasteiger partial charge in [0.2, 0.25) is 0 Å². The molecule has 0 saturated heterocycles. The third-order valence-electron chi connectivity index (χ3n) is 1.74. The predicted octanol–water partition coefficient (Wildman–Crippen LogP) is 1.91. The molecular formula is C10H11BrN2O2S. The van der Waals surface area contributed by atoms with Gasteiger partial charge < -0.3 is 10.6 Å². The molecule has 1 rings (SSSR count). The van der Waals surface area contributed by atoms with Crippen LogP contribution in [0.25, 0.3) is 4.48 Å². The lowest BCUT2D eigenvalue weighted by Gasteiger charge is -2.06. The van der Waals surface area contributed by atoms with Crippen LogP contribution in [-0.4, -0.2) is 31.2 Å². The summed E-state index contributed by atoms with van der Waals surface area (Å²) in [6.45, 7) is 0. The summed E-state index contributed by atoms with van der Waals surface area (Å²) in [5, 5.41) is 0. The zero-order valence-corrected chi connectivity index (χ0v) is 11.3. The van der Waals surface area contributed by atoms with Crippen molar-refractivity contribution >= 4 is 43.9 Å². The zero-order chi connectivity index (χ0) is 12.3. The van der Waals surface area contributed by atoms with Gasteiger partial charge in [-0.2, -0.15) is 0 Å². The molecule has 1 heterocycles. The van der Waals surface area contributed by atoms with Crippen LogP contribution >= 0.6 is 27.3 Å². The summed E-state index contributed by atoms with van der Waals surface area (Å²) in [6, 6.07) is 1.61. The van der Waals surface area contributed by atoms with Crippen molar-refractivity contribution in [1.82, 2.24) is 4.90 Å². The lowest BCUT2D eigenvalue weighted by atomic mass is 10.2. The molecule has 0 aliphatic carbocycles. The Bertz CT molecular complexity index is 452. The summed E-state index contributed by atoms with van der Waals surface area (Å²) in [6.07, 6.45) is 2.52. The fraction of sp³-hybridized carbons (Fsp3) is 0.200. The number of carbonyl (C=O) groups excluding carboxylic acids is 2. The van der Waals surface area contributed by atoms with Gasteiger partial charge in [-0.05, 0) is 22.0 Å². The smallest absolute Gasteiger partial charge is 0.258 e. The maximum atomic E-state index is 11.0. The molecule has 0 atom stereocenters. The average molecular weight is 303 g/mol. The minimum absolute atomic E-state index is 0.376. The van der Waals surface area contributed by atoms with E-state index in [1.807, 2.05) is 19.0 Å². The molecule has 0 aromatic carbocycles. The van der Waals surface area contributed by atoms with E-state index in [1.165, 1.54) is 0 Å². The number of amides is 1. The van der Waals surface area contributed by atoms with Crippen LogP contribution < -0.4 is 5.73 Å². The maximum absolute atomic E-state index is 11.0. The first-order valence-corrected chi connectivity index (χ1v) is 5.99. The SMILES string of the molecule is CN(C)/C=C(/Br)c1cc(C(N)=O)sc1C=O. The van der Waals surface area contributed by atoms with Gasteiger partial charge in [-0.25, -0.2) is 0 Å².